The summed E-state index contributed by atoms with van der Waals surface area (Å²) >= 11 is 0. The predicted octanol–water partition coefficient (Wildman–Crippen LogP) is 23.5. The van der Waals surface area contributed by atoms with Crippen molar-refractivity contribution in [1.82, 2.24) is 5.32 Å². The summed E-state index contributed by atoms with van der Waals surface area (Å²) in [6.07, 6.45) is 90.0. The number of nitrogens with zero attached hydrogens (tertiary/aromatic N) is 1. The van der Waals surface area contributed by atoms with Crippen LogP contribution in [0.25, 0.3) is 0 Å². The Hall–Kier alpha value is -3.07. The molecule has 3 atom stereocenters. The number of likely N-dealkylation sites (N-methyl/N-ethyl adjacent to an activating group) is 1. The molecule has 504 valence electrons. The molecule has 3 unspecified atom stereocenters. The highest BCUT2D eigenvalue weighted by Crippen LogP contribution is 2.43. The van der Waals surface area contributed by atoms with Gasteiger partial charge in [-0.15, -0.1) is 0 Å². The Balaban J connectivity index is 5.01. The van der Waals surface area contributed by atoms with Crippen molar-refractivity contribution in [3.8, 4) is 0 Å². The zero-order valence-electron chi connectivity index (χ0n) is 57.7. The molecule has 0 aromatic rings. The van der Waals surface area contributed by atoms with Gasteiger partial charge in [0.1, 0.15) is 19.3 Å². The maximum absolute atomic E-state index is 13.6. The van der Waals surface area contributed by atoms with E-state index in [1.807, 2.05) is 33.3 Å². The Labute approximate surface area is 538 Å². The minimum Gasteiger partial charge on any atom is -0.456 e. The van der Waals surface area contributed by atoms with Crippen molar-refractivity contribution < 1.29 is 37.3 Å². The van der Waals surface area contributed by atoms with Gasteiger partial charge in [-0.2, -0.15) is 0 Å². The standard InChI is InChI=1S/C77H139N2O7P/c1-7-10-13-16-19-22-25-27-29-31-33-35-37-38-39-40-42-44-46-48-50-52-55-58-61-64-67-70-77(81)86-75(68-65-62-59-56-53-24-21-18-15-12-9-3)74(73-85-87(82,83)84-72-71-79(4,5)6)78-76(80)69-66-63-60-57-54-51-49-47-45-43-41-36-34-32-30-28-26-23-20-17-14-11-8-2/h10,13,19,22,27-30,33,35,38-39,42,44,65,68,74-75H,7-9,11-12,14-18,20-21,23-26,31-32,34,36-37,40-41,43,45-64,66-67,69-73H2,1-6H3,(H-,78,80,82,83)/p+1/b13-10-,22-19-,29-27-,30-28+,35-33-,39-38-,44-42-,68-65+. The highest BCUT2D eigenvalue weighted by Gasteiger charge is 2.30. The molecule has 87 heavy (non-hydrogen) atoms. The normalized spacial score (nSPS) is 14.1. The Morgan fingerprint density at radius 1 is 0.414 bits per heavy atom. The molecule has 1 amide bonds. The molecular weight excluding hydrogens is 1100 g/mol. The highest BCUT2D eigenvalue weighted by molar-refractivity contribution is 7.47. The van der Waals surface area contributed by atoms with Crippen molar-refractivity contribution in [3.63, 3.8) is 0 Å². The molecule has 0 aliphatic heterocycles. The Morgan fingerprint density at radius 2 is 0.736 bits per heavy atom. The van der Waals surface area contributed by atoms with Crippen molar-refractivity contribution in [1.29, 1.82) is 0 Å². The van der Waals surface area contributed by atoms with Crippen LogP contribution in [0.3, 0.4) is 0 Å². The Morgan fingerprint density at radius 3 is 1.11 bits per heavy atom. The van der Waals surface area contributed by atoms with Crippen molar-refractivity contribution >= 4 is 19.7 Å². The lowest BCUT2D eigenvalue weighted by Crippen LogP contribution is -2.47. The summed E-state index contributed by atoms with van der Waals surface area (Å²) < 4.78 is 30.8. The summed E-state index contributed by atoms with van der Waals surface area (Å²) in [4.78, 5) is 37.9. The minimum atomic E-state index is -4.46. The van der Waals surface area contributed by atoms with E-state index >= 15 is 0 Å². The summed E-state index contributed by atoms with van der Waals surface area (Å²) in [6, 6.07) is -0.857. The predicted molar refractivity (Wildman–Crippen MR) is 378 cm³/mol. The SMILES string of the molecule is CC/C=C\C/C=C\C/C=C\C/C=C\C/C=C\C/C=C\CCCCCCCCCCC(=O)OC(/C=C/CCCCCCCCCCC)C(COP(=O)(O)OCC[N+](C)(C)C)NC(=O)CCCCCCCCCCCCCCC/C=C/CCCCCCCC. The molecule has 0 aromatic carbocycles. The molecule has 0 radical (unpaired) electrons. The number of phosphoric ester groups is 1. The summed E-state index contributed by atoms with van der Waals surface area (Å²) in [5.41, 5.74) is 0. The van der Waals surface area contributed by atoms with Crippen LogP contribution in [0.15, 0.2) is 97.2 Å². The average Bonchev–Trinajstić information content (AvgIpc) is 3.70. The lowest BCUT2D eigenvalue weighted by Gasteiger charge is -2.27. The van der Waals surface area contributed by atoms with Gasteiger partial charge in [0, 0.05) is 12.8 Å². The van der Waals surface area contributed by atoms with Gasteiger partial charge in [0.2, 0.25) is 5.91 Å². The number of phosphoric acid groups is 1. The zero-order chi connectivity index (χ0) is 63.5. The smallest absolute Gasteiger partial charge is 0.456 e. The molecule has 0 aromatic heterocycles. The number of hydrogen-bond donors (Lipinski definition) is 2. The summed E-state index contributed by atoms with van der Waals surface area (Å²) in [5.74, 6) is -0.509. The molecule has 0 saturated carbocycles. The van der Waals surface area contributed by atoms with Gasteiger partial charge >= 0.3 is 13.8 Å². The van der Waals surface area contributed by atoms with Crippen LogP contribution in [-0.2, 0) is 27.9 Å². The van der Waals surface area contributed by atoms with Crippen LogP contribution in [0, 0.1) is 0 Å². The first kappa shape index (κ1) is 83.9. The van der Waals surface area contributed by atoms with E-state index in [4.69, 9.17) is 13.8 Å². The number of amides is 1. The van der Waals surface area contributed by atoms with Crippen LogP contribution in [0.4, 0.5) is 0 Å². The van der Waals surface area contributed by atoms with E-state index in [1.165, 1.54) is 186 Å². The molecule has 0 spiro atoms. The maximum atomic E-state index is 13.6. The molecule has 10 heteroatoms. The average molecular weight is 1240 g/mol. The van der Waals surface area contributed by atoms with Crippen molar-refractivity contribution in [2.45, 2.75) is 341 Å². The molecule has 0 saturated heterocycles. The number of esters is 1. The van der Waals surface area contributed by atoms with E-state index in [1.54, 1.807) is 0 Å². The van der Waals surface area contributed by atoms with Crippen molar-refractivity contribution in [2.24, 2.45) is 0 Å². The van der Waals surface area contributed by atoms with Crippen molar-refractivity contribution in [2.75, 3.05) is 40.9 Å². The molecule has 0 heterocycles. The number of carbonyl (C=O) groups is 2. The third-order valence-corrected chi connectivity index (χ3v) is 17.0. The van der Waals surface area contributed by atoms with E-state index < -0.39 is 20.0 Å². The fraction of sp³-hybridized carbons (Fsp3) is 0.766. The minimum absolute atomic E-state index is 0.0360. The second-order valence-electron chi connectivity index (χ2n) is 25.7. The van der Waals surface area contributed by atoms with Gasteiger partial charge in [0.05, 0.1) is 33.8 Å². The molecule has 0 rings (SSSR count). The molecule has 0 aliphatic carbocycles. The number of hydrogen-bond acceptors (Lipinski definition) is 6. The van der Waals surface area contributed by atoms with Crippen LogP contribution >= 0.6 is 7.82 Å². The first-order valence-corrected chi connectivity index (χ1v) is 38.1. The lowest BCUT2D eigenvalue weighted by molar-refractivity contribution is -0.870. The van der Waals surface area contributed by atoms with E-state index in [2.05, 4.69) is 111 Å². The molecule has 2 N–H and O–H groups in total. The Kier molecular flexibility index (Phi) is 63.5. The van der Waals surface area contributed by atoms with Crippen LogP contribution < -0.4 is 5.32 Å². The van der Waals surface area contributed by atoms with E-state index in [0.717, 1.165) is 109 Å². The number of carbonyl (C=O) groups excluding carboxylic acids is 2. The number of rotatable bonds is 66. The maximum Gasteiger partial charge on any atom is 0.472 e. The second kappa shape index (κ2) is 65.9. The fourth-order valence-corrected chi connectivity index (χ4v) is 11.1. The first-order chi connectivity index (χ1) is 42.4. The van der Waals surface area contributed by atoms with Gasteiger partial charge in [0.15, 0.2) is 0 Å². The van der Waals surface area contributed by atoms with Crippen molar-refractivity contribution in [3.05, 3.63) is 97.2 Å². The van der Waals surface area contributed by atoms with Gasteiger partial charge in [-0.25, -0.2) is 4.57 Å². The molecular formula is C77H140N2O7P+. The lowest BCUT2D eigenvalue weighted by atomic mass is 10.0. The highest BCUT2D eigenvalue weighted by atomic mass is 31.2. The van der Waals surface area contributed by atoms with Gasteiger partial charge in [-0.1, -0.05) is 305 Å². The van der Waals surface area contributed by atoms with Gasteiger partial charge in [0.25, 0.3) is 0 Å². The van der Waals surface area contributed by atoms with E-state index in [9.17, 15) is 19.0 Å². The first-order valence-electron chi connectivity index (χ1n) is 36.6. The number of nitrogens with one attached hydrogen (secondary N) is 1. The molecule has 0 fully saturated rings. The van der Waals surface area contributed by atoms with E-state index in [0.29, 0.717) is 17.4 Å². The fourth-order valence-electron chi connectivity index (χ4n) is 10.4. The van der Waals surface area contributed by atoms with E-state index in [-0.39, 0.29) is 31.5 Å². The zero-order valence-corrected chi connectivity index (χ0v) is 58.6. The third kappa shape index (κ3) is 67.2. The summed E-state index contributed by atoms with van der Waals surface area (Å²) in [6.45, 7) is 6.91. The Bertz CT molecular complexity index is 1810. The number of unbranched alkanes of at least 4 members (excludes halogenated alkanes) is 36. The van der Waals surface area contributed by atoms with Crippen LogP contribution in [-0.4, -0.2) is 74.3 Å². The largest absolute Gasteiger partial charge is 0.472 e. The number of quaternary nitrogens is 1. The third-order valence-electron chi connectivity index (χ3n) is 16.0. The van der Waals surface area contributed by atoms with Gasteiger partial charge < -0.3 is 19.4 Å². The van der Waals surface area contributed by atoms with Gasteiger partial charge in [-0.05, 0) is 109 Å². The van der Waals surface area contributed by atoms with Gasteiger partial charge in [-0.3, -0.25) is 18.6 Å². The topological polar surface area (TPSA) is 111 Å². The summed E-state index contributed by atoms with van der Waals surface area (Å²) in [7, 11) is 1.49. The molecule has 0 aliphatic rings. The second-order valence-corrected chi connectivity index (χ2v) is 27.2. The number of ether oxygens (including phenoxy) is 1. The van der Waals surface area contributed by atoms with Crippen LogP contribution in [0.1, 0.15) is 329 Å². The van der Waals surface area contributed by atoms with Crippen LogP contribution in [0.2, 0.25) is 0 Å². The monoisotopic (exact) mass is 1240 g/mol. The molecule has 0 bridgehead atoms. The molecule has 9 nitrogen and oxygen atoms in total. The quantitative estimate of drug-likeness (QED) is 0.0205. The van der Waals surface area contributed by atoms with Crippen LogP contribution in [0.5, 0.6) is 0 Å². The summed E-state index contributed by atoms with van der Waals surface area (Å²) in [5, 5.41) is 3.07. The number of allylic oxidation sites excluding steroid dienone is 15.